The minimum Gasteiger partial charge on any atom is -0.296 e. The second-order valence-electron chi connectivity index (χ2n) is 4.95. The van der Waals surface area contributed by atoms with Crippen LogP contribution in [-0.2, 0) is 0 Å². The first-order valence-corrected chi connectivity index (χ1v) is 7.83. The molecule has 0 unspecified atom stereocenters. The molecule has 0 atom stereocenters. The number of ketones is 1. The monoisotopic (exact) mass is 263 g/mol. The first-order valence-electron chi connectivity index (χ1n) is 6.54. The summed E-state index contributed by atoms with van der Waals surface area (Å²) in [5.41, 5.74) is 1.96. The zero-order valence-electron chi connectivity index (χ0n) is 11.2. The highest BCUT2D eigenvalue weighted by Crippen LogP contribution is 2.21. The molecule has 1 aliphatic heterocycles. The van der Waals surface area contributed by atoms with Crippen LogP contribution >= 0.6 is 11.8 Å². The lowest BCUT2D eigenvalue weighted by molar-refractivity contribution is 0.0916. The number of rotatable bonds is 4. The van der Waals surface area contributed by atoms with Crippen LogP contribution < -0.4 is 0 Å². The molecule has 0 aromatic heterocycles. The highest BCUT2D eigenvalue weighted by atomic mass is 32.2. The Bertz CT molecular complexity index is 411. The summed E-state index contributed by atoms with van der Waals surface area (Å²) >= 11 is 1.95. The molecular formula is C15H21NOS. The Morgan fingerprint density at radius 2 is 2.00 bits per heavy atom. The molecule has 2 rings (SSSR count). The molecule has 18 heavy (non-hydrogen) atoms. The molecule has 1 aromatic carbocycles. The van der Waals surface area contributed by atoms with Crippen molar-refractivity contribution in [2.75, 3.05) is 25.9 Å². The average molecular weight is 263 g/mol. The third-order valence-electron chi connectivity index (χ3n) is 3.68. The van der Waals surface area contributed by atoms with E-state index < -0.39 is 0 Å². The van der Waals surface area contributed by atoms with E-state index in [1.807, 2.05) is 43.0 Å². The summed E-state index contributed by atoms with van der Waals surface area (Å²) in [4.78, 5) is 14.5. The molecule has 0 radical (unpaired) electrons. The van der Waals surface area contributed by atoms with E-state index in [0.717, 1.165) is 29.5 Å². The van der Waals surface area contributed by atoms with Crippen molar-refractivity contribution < 1.29 is 4.79 Å². The molecule has 98 valence electrons. The van der Waals surface area contributed by atoms with Crippen LogP contribution in [0.1, 0.15) is 28.8 Å². The van der Waals surface area contributed by atoms with Gasteiger partial charge in [-0.1, -0.05) is 24.3 Å². The number of thioether (sulfide) groups is 1. The molecular weight excluding hydrogens is 242 g/mol. The van der Waals surface area contributed by atoms with Gasteiger partial charge in [0.15, 0.2) is 5.78 Å². The quantitative estimate of drug-likeness (QED) is 0.779. The van der Waals surface area contributed by atoms with Crippen molar-refractivity contribution in [3.63, 3.8) is 0 Å². The van der Waals surface area contributed by atoms with Gasteiger partial charge >= 0.3 is 0 Å². The maximum Gasteiger partial charge on any atom is 0.177 e. The summed E-state index contributed by atoms with van der Waals surface area (Å²) in [5, 5.41) is 0.787. The number of Topliss-reactive ketones (excluding diaryl/α,β-unsaturated/α-hetero) is 1. The largest absolute Gasteiger partial charge is 0.296 e. The molecule has 1 aromatic rings. The molecule has 1 saturated heterocycles. The maximum absolute atomic E-state index is 12.2. The van der Waals surface area contributed by atoms with Gasteiger partial charge in [0, 0.05) is 10.8 Å². The molecule has 1 heterocycles. The smallest absolute Gasteiger partial charge is 0.177 e. The Kier molecular flexibility index (Phi) is 4.84. The predicted octanol–water partition coefficient (Wildman–Crippen LogP) is 3.01. The molecule has 0 bridgehead atoms. The summed E-state index contributed by atoms with van der Waals surface area (Å²) < 4.78 is 0. The molecule has 0 aliphatic carbocycles. The second kappa shape index (κ2) is 6.39. The molecule has 0 saturated carbocycles. The van der Waals surface area contributed by atoms with Gasteiger partial charge in [0.2, 0.25) is 0 Å². The van der Waals surface area contributed by atoms with Crippen LogP contribution in [0.2, 0.25) is 0 Å². The number of carbonyl (C=O) groups is 1. The second-order valence-corrected chi connectivity index (χ2v) is 6.09. The highest BCUT2D eigenvalue weighted by Gasteiger charge is 2.20. The van der Waals surface area contributed by atoms with Crippen molar-refractivity contribution in [3.05, 3.63) is 35.4 Å². The fourth-order valence-corrected chi connectivity index (χ4v) is 3.16. The Hall–Kier alpha value is -0.800. The van der Waals surface area contributed by atoms with Crippen molar-refractivity contribution in [2.24, 2.45) is 0 Å². The summed E-state index contributed by atoms with van der Waals surface area (Å²) in [6.45, 7) is 4.70. The van der Waals surface area contributed by atoms with E-state index in [1.165, 1.54) is 12.8 Å². The van der Waals surface area contributed by atoms with E-state index in [2.05, 4.69) is 11.2 Å². The zero-order valence-corrected chi connectivity index (χ0v) is 12.0. The highest BCUT2D eigenvalue weighted by molar-refractivity contribution is 7.99. The lowest BCUT2D eigenvalue weighted by atomic mass is 10.0. The van der Waals surface area contributed by atoms with Crippen molar-refractivity contribution in [1.29, 1.82) is 0 Å². The Balaban J connectivity index is 1.91. The Morgan fingerprint density at radius 1 is 1.33 bits per heavy atom. The van der Waals surface area contributed by atoms with Gasteiger partial charge in [0.1, 0.15) is 0 Å². The van der Waals surface area contributed by atoms with Gasteiger partial charge < -0.3 is 0 Å². The van der Waals surface area contributed by atoms with Crippen LogP contribution in [-0.4, -0.2) is 41.8 Å². The first kappa shape index (κ1) is 13.6. The van der Waals surface area contributed by atoms with Crippen LogP contribution in [0.15, 0.2) is 24.3 Å². The van der Waals surface area contributed by atoms with Crippen molar-refractivity contribution in [2.45, 2.75) is 25.0 Å². The molecule has 3 heteroatoms. The molecule has 0 N–H and O–H groups in total. The van der Waals surface area contributed by atoms with E-state index in [4.69, 9.17) is 0 Å². The lowest BCUT2D eigenvalue weighted by Gasteiger charge is -2.30. The number of piperidine rings is 1. The van der Waals surface area contributed by atoms with Crippen LogP contribution in [0.25, 0.3) is 0 Å². The summed E-state index contributed by atoms with van der Waals surface area (Å²) in [7, 11) is 0. The Morgan fingerprint density at radius 3 is 2.61 bits per heavy atom. The molecule has 1 fully saturated rings. The van der Waals surface area contributed by atoms with Gasteiger partial charge in [-0.05, 0) is 44.7 Å². The van der Waals surface area contributed by atoms with Crippen LogP contribution in [0.5, 0.6) is 0 Å². The van der Waals surface area contributed by atoms with Gasteiger partial charge in [-0.25, -0.2) is 0 Å². The zero-order chi connectivity index (χ0) is 13.0. The van der Waals surface area contributed by atoms with Crippen molar-refractivity contribution >= 4 is 17.5 Å². The summed E-state index contributed by atoms with van der Waals surface area (Å²) in [5.74, 6) is 0.260. The van der Waals surface area contributed by atoms with Gasteiger partial charge in [-0.15, -0.1) is 0 Å². The molecule has 2 nitrogen and oxygen atoms in total. The predicted molar refractivity (Wildman–Crippen MR) is 78.5 cm³/mol. The maximum atomic E-state index is 12.2. The Labute approximate surface area is 114 Å². The van der Waals surface area contributed by atoms with Crippen molar-refractivity contribution in [3.8, 4) is 0 Å². The van der Waals surface area contributed by atoms with Crippen LogP contribution in [0.4, 0.5) is 0 Å². The minimum atomic E-state index is 0.260. The van der Waals surface area contributed by atoms with E-state index in [-0.39, 0.29) is 5.78 Å². The van der Waals surface area contributed by atoms with E-state index in [1.54, 1.807) is 0 Å². The summed E-state index contributed by atoms with van der Waals surface area (Å²) in [6.07, 6.45) is 4.60. The van der Waals surface area contributed by atoms with Gasteiger partial charge in [0.05, 0.1) is 6.54 Å². The molecule has 0 spiro atoms. The normalized spacial score (nSPS) is 17.9. The van der Waals surface area contributed by atoms with E-state index in [9.17, 15) is 4.79 Å². The standard InChI is InChI=1S/C15H21NOS/c1-12-5-3-4-6-14(12)15(17)11-16-9-7-13(18-2)8-10-16/h3-6,13H,7-11H2,1-2H3. The van der Waals surface area contributed by atoms with Crippen LogP contribution in [0, 0.1) is 6.92 Å². The van der Waals surface area contributed by atoms with Crippen molar-refractivity contribution in [1.82, 2.24) is 4.90 Å². The fourth-order valence-electron chi connectivity index (χ4n) is 2.48. The van der Waals surface area contributed by atoms with E-state index in [0.29, 0.717) is 6.54 Å². The SMILES string of the molecule is CSC1CCN(CC(=O)c2ccccc2C)CC1. The minimum absolute atomic E-state index is 0.260. The topological polar surface area (TPSA) is 20.3 Å². The third-order valence-corrected chi connectivity index (χ3v) is 4.82. The number of likely N-dealkylation sites (tertiary alicyclic amines) is 1. The van der Waals surface area contributed by atoms with Crippen LogP contribution in [0.3, 0.4) is 0 Å². The van der Waals surface area contributed by atoms with Gasteiger partial charge in [-0.2, -0.15) is 11.8 Å². The van der Waals surface area contributed by atoms with Gasteiger partial charge in [-0.3, -0.25) is 9.69 Å². The number of nitrogens with zero attached hydrogens (tertiary/aromatic N) is 1. The number of carbonyl (C=O) groups excluding carboxylic acids is 1. The fraction of sp³-hybridized carbons (Fsp3) is 0.533. The first-order chi connectivity index (χ1) is 8.70. The van der Waals surface area contributed by atoms with E-state index >= 15 is 0 Å². The molecule has 1 aliphatic rings. The molecule has 0 amide bonds. The number of benzene rings is 1. The third kappa shape index (κ3) is 3.36. The van der Waals surface area contributed by atoms with Gasteiger partial charge in [0.25, 0.3) is 0 Å². The summed E-state index contributed by atoms with van der Waals surface area (Å²) in [6, 6.07) is 7.87. The number of hydrogen-bond donors (Lipinski definition) is 0. The number of aryl methyl sites for hydroxylation is 1. The average Bonchev–Trinajstić information content (AvgIpc) is 2.40. The lowest BCUT2D eigenvalue weighted by Crippen LogP contribution is -2.38. The number of hydrogen-bond acceptors (Lipinski definition) is 3.